The zero-order valence-corrected chi connectivity index (χ0v) is 16.3. The average molecular weight is 400 g/mol. The molecule has 7 heteroatoms. The van der Waals surface area contributed by atoms with Gasteiger partial charge in [-0.1, -0.05) is 30.3 Å². The van der Waals surface area contributed by atoms with E-state index in [1.807, 2.05) is 42.5 Å². The van der Waals surface area contributed by atoms with Gasteiger partial charge in [-0.2, -0.15) is 0 Å². The highest BCUT2D eigenvalue weighted by atomic mass is 16.2. The van der Waals surface area contributed by atoms with Gasteiger partial charge in [0, 0.05) is 24.5 Å². The van der Waals surface area contributed by atoms with Gasteiger partial charge in [-0.15, -0.1) is 0 Å². The lowest BCUT2D eigenvalue weighted by Gasteiger charge is -2.20. The smallest absolute Gasteiger partial charge is 0.316 e. The van der Waals surface area contributed by atoms with Gasteiger partial charge in [0.2, 0.25) is 0 Å². The maximum absolute atomic E-state index is 13.1. The van der Waals surface area contributed by atoms with E-state index in [9.17, 15) is 14.4 Å². The van der Waals surface area contributed by atoms with Crippen molar-refractivity contribution >= 4 is 16.9 Å². The molecule has 0 aliphatic rings. The zero-order valence-electron chi connectivity index (χ0n) is 16.3. The van der Waals surface area contributed by atoms with Gasteiger partial charge in [-0.05, 0) is 48.4 Å². The van der Waals surface area contributed by atoms with E-state index in [-0.39, 0.29) is 11.9 Å². The molecule has 0 aliphatic heterocycles. The Morgan fingerprint density at radius 2 is 1.73 bits per heavy atom. The van der Waals surface area contributed by atoms with Gasteiger partial charge >= 0.3 is 11.1 Å². The summed E-state index contributed by atoms with van der Waals surface area (Å²) in [6.07, 6.45) is 3.37. The summed E-state index contributed by atoms with van der Waals surface area (Å²) < 4.78 is 1.39. The molecule has 4 rings (SSSR count). The van der Waals surface area contributed by atoms with Crippen molar-refractivity contribution in [3.05, 3.63) is 110 Å². The molecule has 0 saturated carbocycles. The van der Waals surface area contributed by atoms with Crippen LogP contribution in [0.1, 0.15) is 34.5 Å². The van der Waals surface area contributed by atoms with Crippen molar-refractivity contribution in [2.45, 2.75) is 19.5 Å². The molecule has 2 aromatic carbocycles. The van der Waals surface area contributed by atoms with Crippen LogP contribution < -0.4 is 16.4 Å². The third-order valence-corrected chi connectivity index (χ3v) is 5.00. The predicted octanol–water partition coefficient (Wildman–Crippen LogP) is 2.62. The van der Waals surface area contributed by atoms with Crippen LogP contribution in [-0.4, -0.2) is 20.4 Å². The van der Waals surface area contributed by atoms with Crippen LogP contribution in [0.2, 0.25) is 0 Å². The number of benzene rings is 2. The van der Waals surface area contributed by atoms with E-state index in [1.54, 1.807) is 37.5 Å². The summed E-state index contributed by atoms with van der Waals surface area (Å²) in [4.78, 5) is 43.7. The highest BCUT2D eigenvalue weighted by Crippen LogP contribution is 2.22. The van der Waals surface area contributed by atoms with Crippen LogP contribution in [0.4, 0.5) is 0 Å². The van der Waals surface area contributed by atoms with E-state index < -0.39 is 11.1 Å². The predicted molar refractivity (Wildman–Crippen MR) is 114 cm³/mol. The number of aromatic amines is 1. The molecule has 1 atom stereocenters. The number of hydrogen-bond acceptors (Lipinski definition) is 4. The van der Waals surface area contributed by atoms with Crippen LogP contribution in [0.25, 0.3) is 11.0 Å². The Morgan fingerprint density at radius 1 is 1.03 bits per heavy atom. The highest BCUT2D eigenvalue weighted by Gasteiger charge is 2.18. The number of fused-ring (bicyclic) bond motifs is 1. The van der Waals surface area contributed by atoms with Gasteiger partial charge in [0.15, 0.2) is 0 Å². The van der Waals surface area contributed by atoms with Crippen molar-refractivity contribution in [2.75, 3.05) is 0 Å². The van der Waals surface area contributed by atoms with E-state index in [1.165, 1.54) is 4.57 Å². The van der Waals surface area contributed by atoms with Crippen LogP contribution in [0.3, 0.4) is 0 Å². The normalized spacial score (nSPS) is 11.9. The first-order chi connectivity index (χ1) is 14.6. The first-order valence-electron chi connectivity index (χ1n) is 9.61. The van der Waals surface area contributed by atoms with Gasteiger partial charge in [0.1, 0.15) is 0 Å². The summed E-state index contributed by atoms with van der Waals surface area (Å²) in [7, 11) is 0. The maximum Gasteiger partial charge on any atom is 0.316 e. The maximum atomic E-state index is 13.1. The molecular weight excluding hydrogens is 380 g/mol. The first-order valence-corrected chi connectivity index (χ1v) is 9.61. The number of aromatic nitrogens is 3. The van der Waals surface area contributed by atoms with Crippen LogP contribution in [-0.2, 0) is 6.54 Å². The zero-order chi connectivity index (χ0) is 21.1. The number of pyridine rings is 1. The van der Waals surface area contributed by atoms with Crippen molar-refractivity contribution in [3.8, 4) is 0 Å². The molecule has 0 fully saturated rings. The number of hydrogen-bond donors (Lipinski definition) is 2. The Bertz CT molecular complexity index is 1270. The SMILES string of the molecule is CCn1c(=O)c(=O)[nH]c2cc(C(=O)NC(c3ccccc3)c3ccncc3)ccc21. The fourth-order valence-electron chi connectivity index (χ4n) is 3.51. The summed E-state index contributed by atoms with van der Waals surface area (Å²) >= 11 is 0. The van der Waals surface area contributed by atoms with E-state index in [2.05, 4.69) is 15.3 Å². The molecule has 0 aliphatic carbocycles. The monoisotopic (exact) mass is 400 g/mol. The van der Waals surface area contributed by atoms with Crippen molar-refractivity contribution in [2.24, 2.45) is 0 Å². The Morgan fingerprint density at radius 3 is 2.43 bits per heavy atom. The minimum atomic E-state index is -0.708. The Hall–Kier alpha value is -4.00. The number of aryl methyl sites for hydroxylation is 1. The molecule has 2 heterocycles. The quantitative estimate of drug-likeness (QED) is 0.503. The summed E-state index contributed by atoms with van der Waals surface area (Å²) in [5.74, 6) is -0.294. The third kappa shape index (κ3) is 3.65. The molecule has 0 radical (unpaired) electrons. The average Bonchev–Trinajstić information content (AvgIpc) is 2.79. The van der Waals surface area contributed by atoms with Gasteiger partial charge < -0.3 is 14.9 Å². The van der Waals surface area contributed by atoms with Crippen LogP contribution in [0.5, 0.6) is 0 Å². The number of nitrogens with zero attached hydrogens (tertiary/aromatic N) is 2. The number of H-pyrrole nitrogens is 1. The second-order valence-electron chi connectivity index (χ2n) is 6.83. The topological polar surface area (TPSA) is 96.9 Å². The number of carbonyl (C=O) groups is 1. The summed E-state index contributed by atoms with van der Waals surface area (Å²) in [5, 5.41) is 3.06. The van der Waals surface area contributed by atoms with Crippen LogP contribution in [0.15, 0.2) is 82.6 Å². The van der Waals surface area contributed by atoms with Crippen molar-refractivity contribution in [1.82, 2.24) is 19.9 Å². The van der Waals surface area contributed by atoms with E-state index >= 15 is 0 Å². The number of amides is 1. The second-order valence-corrected chi connectivity index (χ2v) is 6.83. The summed E-state index contributed by atoms with van der Waals surface area (Å²) in [6, 6.07) is 17.9. The lowest BCUT2D eigenvalue weighted by Crippen LogP contribution is -2.36. The van der Waals surface area contributed by atoms with Gasteiger partial charge in [0.25, 0.3) is 5.91 Å². The van der Waals surface area contributed by atoms with Crippen molar-refractivity contribution < 1.29 is 4.79 Å². The third-order valence-electron chi connectivity index (χ3n) is 5.00. The van der Waals surface area contributed by atoms with Gasteiger partial charge in [0.05, 0.1) is 17.1 Å². The lowest BCUT2D eigenvalue weighted by molar-refractivity contribution is 0.0943. The highest BCUT2D eigenvalue weighted by molar-refractivity contribution is 5.97. The Kier molecular flexibility index (Phi) is 5.26. The van der Waals surface area contributed by atoms with Crippen molar-refractivity contribution in [3.63, 3.8) is 0 Å². The van der Waals surface area contributed by atoms with E-state index in [0.29, 0.717) is 23.1 Å². The molecule has 0 spiro atoms. The molecule has 1 amide bonds. The Balaban J connectivity index is 1.72. The van der Waals surface area contributed by atoms with E-state index in [4.69, 9.17) is 0 Å². The fourth-order valence-corrected chi connectivity index (χ4v) is 3.51. The standard InChI is InChI=1S/C23H20N4O3/c1-2-27-19-9-8-17(14-18(19)25-22(29)23(27)30)21(28)26-20(15-6-4-3-5-7-15)16-10-12-24-13-11-16/h3-14,20H,2H2,1H3,(H,25,29)(H,26,28). The van der Waals surface area contributed by atoms with Gasteiger partial charge in [-0.3, -0.25) is 19.4 Å². The first kappa shape index (κ1) is 19.3. The molecule has 7 nitrogen and oxygen atoms in total. The number of carbonyl (C=O) groups excluding carboxylic acids is 1. The van der Waals surface area contributed by atoms with Crippen molar-refractivity contribution in [1.29, 1.82) is 0 Å². The molecule has 4 aromatic rings. The Labute approximate surface area is 172 Å². The molecule has 150 valence electrons. The van der Waals surface area contributed by atoms with Gasteiger partial charge in [-0.25, -0.2) is 0 Å². The lowest BCUT2D eigenvalue weighted by atomic mass is 9.99. The molecular formula is C23H20N4O3. The molecule has 30 heavy (non-hydrogen) atoms. The van der Waals surface area contributed by atoms with Crippen LogP contribution in [0, 0.1) is 0 Å². The fraction of sp³-hybridized carbons (Fsp3) is 0.130. The van der Waals surface area contributed by atoms with E-state index in [0.717, 1.165) is 11.1 Å². The molecule has 2 aromatic heterocycles. The molecule has 2 N–H and O–H groups in total. The molecule has 1 unspecified atom stereocenters. The number of rotatable bonds is 5. The summed E-state index contributed by atoms with van der Waals surface area (Å²) in [5.41, 5.74) is 1.92. The molecule has 0 bridgehead atoms. The summed E-state index contributed by atoms with van der Waals surface area (Å²) in [6.45, 7) is 2.16. The minimum Gasteiger partial charge on any atom is -0.341 e. The largest absolute Gasteiger partial charge is 0.341 e. The second kappa shape index (κ2) is 8.16. The number of nitrogens with one attached hydrogen (secondary N) is 2. The minimum absolute atomic E-state index is 0.294. The molecule has 0 saturated heterocycles. The van der Waals surface area contributed by atoms with Crippen LogP contribution >= 0.6 is 0 Å².